The van der Waals surface area contributed by atoms with Crippen LogP contribution in [-0.4, -0.2) is 5.78 Å². The smallest absolute Gasteiger partial charge is 0.143 e. The van der Waals surface area contributed by atoms with Crippen molar-refractivity contribution in [2.24, 2.45) is 11.3 Å². The molecule has 1 aromatic rings. The van der Waals surface area contributed by atoms with Gasteiger partial charge in [0, 0.05) is 11.8 Å². The standard InChI is InChI=1S/C17H22F2O/c1-12(2)11-17(7-3-4-8-17)16(20)10-13-9-14(18)5-6-15(13)19/h5-6,9,12H,3-4,7-8,10-11H2,1-2H3. The lowest BCUT2D eigenvalue weighted by Gasteiger charge is -2.29. The van der Waals surface area contributed by atoms with Gasteiger partial charge in [0.05, 0.1) is 0 Å². The highest BCUT2D eigenvalue weighted by Crippen LogP contribution is 2.44. The number of carbonyl (C=O) groups excluding carboxylic acids is 1. The third-order valence-corrected chi connectivity index (χ3v) is 4.31. The van der Waals surface area contributed by atoms with Crippen LogP contribution >= 0.6 is 0 Å². The zero-order valence-corrected chi connectivity index (χ0v) is 12.2. The summed E-state index contributed by atoms with van der Waals surface area (Å²) < 4.78 is 26.9. The molecule has 0 unspecified atom stereocenters. The molecule has 1 nitrogen and oxygen atoms in total. The van der Waals surface area contributed by atoms with Crippen molar-refractivity contribution < 1.29 is 13.6 Å². The Morgan fingerprint density at radius 1 is 1.25 bits per heavy atom. The first kappa shape index (κ1) is 15.1. The van der Waals surface area contributed by atoms with Crippen LogP contribution in [0, 0.1) is 23.0 Å². The Bertz CT molecular complexity index is 488. The van der Waals surface area contributed by atoms with Gasteiger partial charge in [-0.25, -0.2) is 8.78 Å². The summed E-state index contributed by atoms with van der Waals surface area (Å²) in [6.45, 7) is 4.21. The normalized spacial score (nSPS) is 17.6. The zero-order chi connectivity index (χ0) is 14.8. The summed E-state index contributed by atoms with van der Waals surface area (Å²) in [6.07, 6.45) is 4.76. The Kier molecular flexibility index (Phi) is 4.56. The van der Waals surface area contributed by atoms with Gasteiger partial charge in [-0.2, -0.15) is 0 Å². The molecular formula is C17H22F2O. The molecule has 20 heavy (non-hydrogen) atoms. The molecule has 0 saturated heterocycles. The number of carbonyl (C=O) groups is 1. The van der Waals surface area contributed by atoms with Gasteiger partial charge < -0.3 is 0 Å². The van der Waals surface area contributed by atoms with Crippen LogP contribution in [0.2, 0.25) is 0 Å². The number of hydrogen-bond donors (Lipinski definition) is 0. The minimum Gasteiger partial charge on any atom is -0.299 e. The summed E-state index contributed by atoms with van der Waals surface area (Å²) in [4.78, 5) is 12.6. The molecule has 0 radical (unpaired) electrons. The molecule has 1 aromatic carbocycles. The fourth-order valence-corrected chi connectivity index (χ4v) is 3.47. The van der Waals surface area contributed by atoms with E-state index in [2.05, 4.69) is 13.8 Å². The Balaban J connectivity index is 2.18. The molecule has 0 heterocycles. The van der Waals surface area contributed by atoms with Gasteiger partial charge in [-0.15, -0.1) is 0 Å². The van der Waals surface area contributed by atoms with Gasteiger partial charge in [0.25, 0.3) is 0 Å². The van der Waals surface area contributed by atoms with Crippen molar-refractivity contribution >= 4 is 5.78 Å². The van der Waals surface area contributed by atoms with E-state index in [0.717, 1.165) is 50.3 Å². The van der Waals surface area contributed by atoms with Crippen molar-refractivity contribution in [3.05, 3.63) is 35.4 Å². The second kappa shape index (κ2) is 6.02. The molecule has 1 aliphatic rings. The fraction of sp³-hybridized carbons (Fsp3) is 0.588. The average molecular weight is 280 g/mol. The summed E-state index contributed by atoms with van der Waals surface area (Å²) >= 11 is 0. The molecule has 1 aliphatic carbocycles. The minimum atomic E-state index is -0.488. The molecule has 0 bridgehead atoms. The van der Waals surface area contributed by atoms with E-state index in [1.807, 2.05) is 0 Å². The lowest BCUT2D eigenvalue weighted by Crippen LogP contribution is -2.31. The van der Waals surface area contributed by atoms with Crippen LogP contribution in [0.25, 0.3) is 0 Å². The average Bonchev–Trinajstić information content (AvgIpc) is 2.82. The summed E-state index contributed by atoms with van der Waals surface area (Å²) in [5.41, 5.74) is -0.127. The van der Waals surface area contributed by atoms with Crippen molar-refractivity contribution in [3.8, 4) is 0 Å². The van der Waals surface area contributed by atoms with Gasteiger partial charge in [-0.3, -0.25) is 4.79 Å². The second-order valence-corrected chi connectivity index (χ2v) is 6.42. The van der Waals surface area contributed by atoms with Gasteiger partial charge in [0.15, 0.2) is 0 Å². The molecule has 0 aliphatic heterocycles. The number of rotatable bonds is 5. The van der Waals surface area contributed by atoms with Crippen molar-refractivity contribution in [2.75, 3.05) is 0 Å². The molecular weight excluding hydrogens is 258 g/mol. The van der Waals surface area contributed by atoms with Crippen LogP contribution in [0.3, 0.4) is 0 Å². The van der Waals surface area contributed by atoms with E-state index in [1.165, 1.54) is 0 Å². The van der Waals surface area contributed by atoms with E-state index in [0.29, 0.717) is 5.92 Å². The van der Waals surface area contributed by atoms with Gasteiger partial charge >= 0.3 is 0 Å². The monoisotopic (exact) mass is 280 g/mol. The largest absolute Gasteiger partial charge is 0.299 e. The molecule has 0 spiro atoms. The maximum Gasteiger partial charge on any atom is 0.143 e. The van der Waals surface area contributed by atoms with Crippen molar-refractivity contribution in [2.45, 2.75) is 52.4 Å². The van der Waals surface area contributed by atoms with Gasteiger partial charge in [-0.05, 0) is 48.9 Å². The molecule has 3 heteroatoms. The molecule has 0 N–H and O–H groups in total. The van der Waals surface area contributed by atoms with Crippen LogP contribution in [0.5, 0.6) is 0 Å². The SMILES string of the molecule is CC(C)CC1(C(=O)Cc2cc(F)ccc2F)CCCC1. The highest BCUT2D eigenvalue weighted by molar-refractivity contribution is 5.87. The van der Waals surface area contributed by atoms with Crippen LogP contribution in [-0.2, 0) is 11.2 Å². The van der Waals surface area contributed by atoms with Crippen molar-refractivity contribution in [1.82, 2.24) is 0 Å². The molecule has 110 valence electrons. The van der Waals surface area contributed by atoms with Crippen molar-refractivity contribution in [3.63, 3.8) is 0 Å². The third kappa shape index (κ3) is 3.25. The van der Waals surface area contributed by atoms with E-state index in [9.17, 15) is 13.6 Å². The number of halogens is 2. The van der Waals surface area contributed by atoms with Gasteiger partial charge in [0.2, 0.25) is 0 Å². The van der Waals surface area contributed by atoms with Crippen LogP contribution in [0.4, 0.5) is 8.78 Å². The van der Waals surface area contributed by atoms with Crippen LogP contribution in [0.15, 0.2) is 18.2 Å². The van der Waals surface area contributed by atoms with E-state index in [4.69, 9.17) is 0 Å². The summed E-state index contributed by atoms with van der Waals surface area (Å²) in [5, 5.41) is 0. The molecule has 2 rings (SSSR count). The minimum absolute atomic E-state index is 0.0102. The Morgan fingerprint density at radius 3 is 2.50 bits per heavy atom. The summed E-state index contributed by atoms with van der Waals surface area (Å²) in [7, 11) is 0. The molecule has 0 atom stereocenters. The molecule has 1 saturated carbocycles. The first-order chi connectivity index (χ1) is 9.43. The van der Waals surface area contributed by atoms with E-state index in [-0.39, 0.29) is 23.2 Å². The topological polar surface area (TPSA) is 17.1 Å². The Hall–Kier alpha value is -1.25. The van der Waals surface area contributed by atoms with E-state index >= 15 is 0 Å². The zero-order valence-electron chi connectivity index (χ0n) is 12.2. The number of Topliss-reactive ketones (excluding diaryl/α,β-unsaturated/α-hetero) is 1. The number of ketones is 1. The number of benzene rings is 1. The maximum atomic E-state index is 13.7. The molecule has 0 aromatic heterocycles. The molecule has 0 amide bonds. The Labute approximate surface area is 119 Å². The van der Waals surface area contributed by atoms with Gasteiger partial charge in [-0.1, -0.05) is 26.7 Å². The van der Waals surface area contributed by atoms with Crippen LogP contribution in [0.1, 0.15) is 51.5 Å². The highest BCUT2D eigenvalue weighted by Gasteiger charge is 2.40. The van der Waals surface area contributed by atoms with Crippen LogP contribution < -0.4 is 0 Å². The quantitative estimate of drug-likeness (QED) is 0.765. The lowest BCUT2D eigenvalue weighted by molar-refractivity contribution is -0.128. The lowest BCUT2D eigenvalue weighted by atomic mass is 9.73. The van der Waals surface area contributed by atoms with Gasteiger partial charge in [0.1, 0.15) is 17.4 Å². The predicted octanol–water partition coefficient (Wildman–Crippen LogP) is 4.68. The first-order valence-electron chi connectivity index (χ1n) is 7.40. The maximum absolute atomic E-state index is 13.7. The molecule has 1 fully saturated rings. The van der Waals surface area contributed by atoms with Crippen molar-refractivity contribution in [1.29, 1.82) is 0 Å². The van der Waals surface area contributed by atoms with E-state index < -0.39 is 11.6 Å². The summed E-state index contributed by atoms with van der Waals surface area (Å²) in [6, 6.07) is 3.33. The first-order valence-corrected chi connectivity index (χ1v) is 7.40. The Morgan fingerprint density at radius 2 is 1.90 bits per heavy atom. The fourth-order valence-electron chi connectivity index (χ4n) is 3.47. The second-order valence-electron chi connectivity index (χ2n) is 6.42. The summed E-state index contributed by atoms with van der Waals surface area (Å²) in [5.74, 6) is -0.460. The predicted molar refractivity (Wildman–Crippen MR) is 75.4 cm³/mol. The number of hydrogen-bond acceptors (Lipinski definition) is 1. The third-order valence-electron chi connectivity index (χ3n) is 4.31. The van der Waals surface area contributed by atoms with E-state index in [1.54, 1.807) is 0 Å². The highest BCUT2D eigenvalue weighted by atomic mass is 19.1.